The highest BCUT2D eigenvalue weighted by Crippen LogP contribution is 2.25. The topological polar surface area (TPSA) is 143 Å². The number of carbonyl (C=O) groups is 2. The van der Waals surface area contributed by atoms with Crippen molar-refractivity contribution in [2.45, 2.75) is 70.6 Å². The van der Waals surface area contributed by atoms with E-state index >= 15 is 0 Å². The number of rotatable bonds is 13. The lowest BCUT2D eigenvalue weighted by Gasteiger charge is -2.33. The summed E-state index contributed by atoms with van der Waals surface area (Å²) in [5.74, 6) is -0.461. The molecule has 2 N–H and O–H groups in total. The predicted octanol–water partition coefficient (Wildman–Crippen LogP) is 3.13. The lowest BCUT2D eigenvalue weighted by atomic mass is 9.89. The lowest BCUT2D eigenvalue weighted by molar-refractivity contribution is -0.120. The number of alkyl carbamates (subject to hydrolysis) is 1. The Morgan fingerprint density at radius 1 is 1.15 bits per heavy atom. The fourth-order valence-corrected chi connectivity index (χ4v) is 4.89. The average Bonchev–Trinajstić information content (AvgIpc) is 3.38. The van der Waals surface area contributed by atoms with Gasteiger partial charge in [-0.3, -0.25) is 14.8 Å². The van der Waals surface area contributed by atoms with Gasteiger partial charge in [0, 0.05) is 42.5 Å². The third-order valence-electron chi connectivity index (χ3n) is 6.33. The Labute approximate surface area is 230 Å². The number of ether oxygens (including phenoxy) is 1. The van der Waals surface area contributed by atoms with E-state index in [1.54, 1.807) is 24.5 Å². The van der Waals surface area contributed by atoms with Crippen LogP contribution in [0.25, 0.3) is 0 Å². The van der Waals surface area contributed by atoms with Gasteiger partial charge in [0.25, 0.3) is 10.0 Å². The summed E-state index contributed by atoms with van der Waals surface area (Å²) in [6, 6.07) is 7.42. The van der Waals surface area contributed by atoms with Crippen molar-refractivity contribution in [1.29, 1.82) is 0 Å². The van der Waals surface area contributed by atoms with Crippen molar-refractivity contribution in [1.82, 2.24) is 25.0 Å². The minimum Gasteiger partial charge on any atom is -0.444 e. The largest absolute Gasteiger partial charge is 0.444 e. The number of unbranched alkanes of at least 4 members (excludes halogenated alkanes) is 1. The van der Waals surface area contributed by atoms with Gasteiger partial charge in [0.05, 0.1) is 24.8 Å². The minimum atomic E-state index is -3.96. The normalized spacial score (nSPS) is 15.4. The van der Waals surface area contributed by atoms with Gasteiger partial charge in [-0.15, -0.1) is 0 Å². The number of hydrogen-bond acceptors (Lipinski definition) is 9. The summed E-state index contributed by atoms with van der Waals surface area (Å²) < 4.78 is 33.0. The summed E-state index contributed by atoms with van der Waals surface area (Å²) in [4.78, 5) is 33.9. The summed E-state index contributed by atoms with van der Waals surface area (Å²) in [6.07, 6.45) is 6.20. The van der Waals surface area contributed by atoms with Crippen molar-refractivity contribution < 1.29 is 22.7 Å². The van der Waals surface area contributed by atoms with Crippen molar-refractivity contribution in [2.75, 3.05) is 19.6 Å². The monoisotopic (exact) mass is 558 g/mol. The number of ketones is 1. The van der Waals surface area contributed by atoms with E-state index in [4.69, 9.17) is 9.84 Å². The van der Waals surface area contributed by atoms with Crippen molar-refractivity contribution in [3.63, 3.8) is 0 Å². The molecule has 0 unspecified atom stereocenters. The van der Waals surface area contributed by atoms with Crippen LogP contribution in [0.1, 0.15) is 58.9 Å². The van der Waals surface area contributed by atoms with Crippen LogP contribution in [0.15, 0.2) is 59.0 Å². The molecule has 2 aromatic rings. The van der Waals surface area contributed by atoms with Crippen LogP contribution in [-0.4, -0.2) is 72.8 Å². The molecule has 3 rings (SSSR count). The number of sulfonamides is 1. The van der Waals surface area contributed by atoms with Crippen molar-refractivity contribution in [3.8, 4) is 0 Å². The number of hydrogen-bond donors (Lipinski definition) is 2. The van der Waals surface area contributed by atoms with Gasteiger partial charge in [-0.05, 0) is 24.6 Å². The molecule has 0 saturated carbocycles. The molecule has 0 saturated heterocycles. The van der Waals surface area contributed by atoms with Gasteiger partial charge in [-0.2, -0.15) is 5.10 Å². The van der Waals surface area contributed by atoms with E-state index in [1.807, 2.05) is 44.8 Å². The molecule has 2 atom stereocenters. The molecule has 39 heavy (non-hydrogen) atoms. The molecular weight excluding hydrogens is 520 g/mol. The first kappa shape index (κ1) is 30.2. The molecule has 212 valence electrons. The Morgan fingerprint density at radius 2 is 1.95 bits per heavy atom. The van der Waals surface area contributed by atoms with Gasteiger partial charge in [0.15, 0.2) is 10.8 Å². The second-order valence-electron chi connectivity index (χ2n) is 10.5. The maximum atomic E-state index is 13.0. The zero-order valence-corrected chi connectivity index (χ0v) is 23.8. The van der Waals surface area contributed by atoms with Gasteiger partial charge < -0.3 is 10.1 Å². The van der Waals surface area contributed by atoms with Gasteiger partial charge in [0.2, 0.25) is 0 Å². The van der Waals surface area contributed by atoms with E-state index in [2.05, 4.69) is 20.0 Å². The van der Waals surface area contributed by atoms with E-state index in [1.165, 1.54) is 12.3 Å². The molecule has 0 fully saturated rings. The third-order valence-corrected chi connectivity index (χ3v) is 7.65. The zero-order valence-electron chi connectivity index (χ0n) is 23.0. The van der Waals surface area contributed by atoms with Gasteiger partial charge in [-0.25, -0.2) is 22.9 Å². The van der Waals surface area contributed by atoms with Gasteiger partial charge in [0.1, 0.15) is 6.10 Å². The minimum absolute atomic E-state index is 0.181. The molecule has 0 spiro atoms. The third kappa shape index (κ3) is 9.10. The van der Waals surface area contributed by atoms with Crippen LogP contribution < -0.4 is 10.0 Å². The molecule has 12 heteroatoms. The summed E-state index contributed by atoms with van der Waals surface area (Å²) in [6.45, 7) is 8.48. The molecule has 3 heterocycles. The first-order valence-electron chi connectivity index (χ1n) is 13.1. The SMILES string of the molecule is CCCC[C@H](NC(=O)O[C@H](CN1CCC(c2cccnc2)=N1)C(C)(C)C)C(=O)CNS(=O)(=O)c1ccccn1. The van der Waals surface area contributed by atoms with E-state index in [0.29, 0.717) is 25.9 Å². The average molecular weight is 559 g/mol. The molecule has 1 aliphatic rings. The number of carbonyl (C=O) groups excluding carboxylic acids is 2. The zero-order chi connectivity index (χ0) is 28.5. The Hall–Kier alpha value is -3.38. The van der Waals surface area contributed by atoms with Crippen LogP contribution >= 0.6 is 0 Å². The highest BCUT2D eigenvalue weighted by Gasteiger charge is 2.33. The Bertz CT molecular complexity index is 1230. The second kappa shape index (κ2) is 13.6. The van der Waals surface area contributed by atoms with Crippen LogP contribution in [0, 0.1) is 5.41 Å². The van der Waals surface area contributed by atoms with E-state index in [-0.39, 0.29) is 5.03 Å². The molecule has 1 amide bonds. The Morgan fingerprint density at radius 3 is 2.59 bits per heavy atom. The smallest absolute Gasteiger partial charge is 0.408 e. The fourth-order valence-electron chi connectivity index (χ4n) is 3.95. The van der Waals surface area contributed by atoms with Gasteiger partial charge in [-0.1, -0.05) is 52.7 Å². The highest BCUT2D eigenvalue weighted by molar-refractivity contribution is 7.89. The van der Waals surface area contributed by atoms with Crippen molar-refractivity contribution >= 4 is 27.6 Å². The molecule has 11 nitrogen and oxygen atoms in total. The molecule has 2 aromatic heterocycles. The first-order chi connectivity index (χ1) is 18.5. The summed E-state index contributed by atoms with van der Waals surface area (Å²) in [7, 11) is -3.96. The number of hydrazone groups is 1. The number of amides is 1. The Kier molecular flexibility index (Phi) is 10.5. The fraction of sp³-hybridized carbons (Fsp3) is 0.519. The number of aromatic nitrogens is 2. The molecule has 0 radical (unpaired) electrons. The van der Waals surface area contributed by atoms with Crippen molar-refractivity contribution in [3.05, 3.63) is 54.5 Å². The van der Waals surface area contributed by atoms with Gasteiger partial charge >= 0.3 is 6.09 Å². The summed E-state index contributed by atoms with van der Waals surface area (Å²) in [5.41, 5.74) is 1.49. The van der Waals surface area contributed by atoms with Crippen LogP contribution in [0.4, 0.5) is 4.79 Å². The van der Waals surface area contributed by atoms with Crippen molar-refractivity contribution in [2.24, 2.45) is 10.5 Å². The van der Waals surface area contributed by atoms with E-state index < -0.39 is 46.0 Å². The maximum Gasteiger partial charge on any atom is 0.408 e. The van der Waals surface area contributed by atoms with Crippen LogP contribution in [0.2, 0.25) is 0 Å². The Balaban J connectivity index is 1.62. The molecule has 1 aliphatic heterocycles. The van der Waals surface area contributed by atoms with Crippen LogP contribution in [0.5, 0.6) is 0 Å². The van der Waals surface area contributed by atoms with E-state index in [9.17, 15) is 18.0 Å². The van der Waals surface area contributed by atoms with Crippen LogP contribution in [0.3, 0.4) is 0 Å². The quantitative estimate of drug-likeness (QED) is 0.382. The lowest BCUT2D eigenvalue weighted by Crippen LogP contribution is -2.48. The summed E-state index contributed by atoms with van der Waals surface area (Å²) >= 11 is 0. The molecule has 0 bridgehead atoms. The first-order valence-corrected chi connectivity index (χ1v) is 14.6. The predicted molar refractivity (Wildman–Crippen MR) is 148 cm³/mol. The molecule has 0 aromatic carbocycles. The number of pyridine rings is 2. The number of nitrogens with zero attached hydrogens (tertiary/aromatic N) is 4. The molecule has 0 aliphatic carbocycles. The standard InChI is InChI=1S/C27H38N6O5S/c1-5-6-11-22(23(34)18-30-39(36,37)25-12-7-8-15-29-25)31-26(35)38-24(27(2,3)4)19-33-16-13-21(32-33)20-10-9-14-28-17-20/h7-10,12,14-15,17,22,24,30H,5-6,11,13,16,18-19H2,1-4H3,(H,31,35)/t22-,24+/m0/s1. The second-order valence-corrected chi connectivity index (χ2v) is 12.2. The summed E-state index contributed by atoms with van der Waals surface area (Å²) in [5, 5.41) is 9.07. The number of nitrogens with one attached hydrogen (secondary N) is 2. The van der Waals surface area contributed by atoms with Crippen LogP contribution in [-0.2, 0) is 19.6 Å². The van der Waals surface area contributed by atoms with E-state index in [0.717, 1.165) is 24.1 Å². The maximum absolute atomic E-state index is 13.0. The molecular formula is C27H38N6O5S. The highest BCUT2D eigenvalue weighted by atomic mass is 32.2. The number of Topliss-reactive ketones (excluding diaryl/α,β-unsaturated/α-hetero) is 1.